The molecule has 1 rings (SSSR count). The van der Waals surface area contributed by atoms with Crippen LogP contribution in [0.2, 0.25) is 0 Å². The van der Waals surface area contributed by atoms with E-state index in [9.17, 15) is 18.0 Å². The number of aliphatic hydroxyl groups excluding tert-OH is 1. The van der Waals surface area contributed by atoms with Gasteiger partial charge in [-0.2, -0.15) is 13.2 Å². The van der Waals surface area contributed by atoms with Crippen molar-refractivity contribution >= 4 is 11.7 Å². The first-order chi connectivity index (χ1) is 9.73. The van der Waals surface area contributed by atoms with Gasteiger partial charge in [-0.1, -0.05) is 12.1 Å². The summed E-state index contributed by atoms with van der Waals surface area (Å²) >= 11 is 0. The number of likely N-dealkylation sites (N-methyl/N-ethyl adjacent to an activating group) is 1. The van der Waals surface area contributed by atoms with E-state index >= 15 is 0 Å². The number of nitrogens with one attached hydrogen (secondary N) is 1. The molecule has 1 unspecified atom stereocenters. The van der Waals surface area contributed by atoms with E-state index in [0.29, 0.717) is 11.3 Å². The van der Waals surface area contributed by atoms with Crippen LogP contribution in [0.1, 0.15) is 18.9 Å². The molecule has 0 saturated heterocycles. The molecule has 2 amide bonds. The van der Waals surface area contributed by atoms with E-state index in [4.69, 9.17) is 5.11 Å². The quantitative estimate of drug-likeness (QED) is 0.878. The second kappa shape index (κ2) is 7.31. The van der Waals surface area contributed by atoms with Crippen molar-refractivity contribution < 1.29 is 23.1 Å². The lowest BCUT2D eigenvalue weighted by Crippen LogP contribution is -2.40. The van der Waals surface area contributed by atoms with Crippen molar-refractivity contribution in [2.75, 3.05) is 19.0 Å². The van der Waals surface area contributed by atoms with Crippen molar-refractivity contribution in [1.82, 2.24) is 4.90 Å². The summed E-state index contributed by atoms with van der Waals surface area (Å²) in [7, 11) is 1.53. The maximum absolute atomic E-state index is 12.2. The van der Waals surface area contributed by atoms with Crippen molar-refractivity contribution in [2.45, 2.75) is 32.0 Å². The molecule has 118 valence electrons. The van der Waals surface area contributed by atoms with Gasteiger partial charge in [0.2, 0.25) is 0 Å². The number of aryl methyl sites for hydroxylation is 1. The fourth-order valence-electron chi connectivity index (χ4n) is 1.62. The van der Waals surface area contributed by atoms with Crippen molar-refractivity contribution in [3.05, 3.63) is 29.8 Å². The van der Waals surface area contributed by atoms with Crippen LogP contribution >= 0.6 is 0 Å². The minimum atomic E-state index is -4.20. The molecule has 21 heavy (non-hydrogen) atoms. The second-order valence-electron chi connectivity index (χ2n) is 4.89. The van der Waals surface area contributed by atoms with E-state index in [0.717, 1.165) is 0 Å². The van der Waals surface area contributed by atoms with Crippen LogP contribution < -0.4 is 5.32 Å². The SMILES string of the molecule is CC(CO)N(C)C(=O)Nc1cccc(CCC(F)(F)F)c1. The zero-order valence-electron chi connectivity index (χ0n) is 11.9. The number of urea groups is 1. The molecule has 0 radical (unpaired) electrons. The Kier molecular flexibility index (Phi) is 6.02. The van der Waals surface area contributed by atoms with Gasteiger partial charge in [-0.15, -0.1) is 0 Å². The lowest BCUT2D eigenvalue weighted by molar-refractivity contribution is -0.133. The van der Waals surface area contributed by atoms with Crippen LogP contribution in [-0.2, 0) is 6.42 Å². The lowest BCUT2D eigenvalue weighted by atomic mass is 10.1. The highest BCUT2D eigenvalue weighted by Gasteiger charge is 2.26. The normalized spacial score (nSPS) is 12.9. The summed E-state index contributed by atoms with van der Waals surface area (Å²) in [5, 5.41) is 11.6. The van der Waals surface area contributed by atoms with Crippen LogP contribution in [0.5, 0.6) is 0 Å². The molecule has 0 aliphatic carbocycles. The molecular formula is C14H19F3N2O2. The van der Waals surface area contributed by atoms with Gasteiger partial charge in [0.15, 0.2) is 0 Å². The minimum absolute atomic E-state index is 0.129. The third-order valence-corrected chi connectivity index (χ3v) is 3.12. The number of benzene rings is 1. The highest BCUT2D eigenvalue weighted by molar-refractivity contribution is 5.89. The molecule has 4 nitrogen and oxygen atoms in total. The average molecular weight is 304 g/mol. The summed E-state index contributed by atoms with van der Waals surface area (Å²) in [5.74, 6) is 0. The third kappa shape index (κ3) is 6.03. The van der Waals surface area contributed by atoms with Crippen LogP contribution in [0.25, 0.3) is 0 Å². The van der Waals surface area contributed by atoms with Gasteiger partial charge in [0, 0.05) is 19.2 Å². The van der Waals surface area contributed by atoms with Gasteiger partial charge in [0.1, 0.15) is 0 Å². The molecule has 1 aromatic rings. The Hall–Kier alpha value is -1.76. The first-order valence-electron chi connectivity index (χ1n) is 6.53. The third-order valence-electron chi connectivity index (χ3n) is 3.12. The number of hydrogen-bond acceptors (Lipinski definition) is 2. The number of aliphatic hydroxyl groups is 1. The predicted molar refractivity (Wildman–Crippen MR) is 74.1 cm³/mol. The fourth-order valence-corrected chi connectivity index (χ4v) is 1.62. The second-order valence-corrected chi connectivity index (χ2v) is 4.89. The highest BCUT2D eigenvalue weighted by atomic mass is 19.4. The monoisotopic (exact) mass is 304 g/mol. The largest absolute Gasteiger partial charge is 0.394 e. The van der Waals surface area contributed by atoms with Gasteiger partial charge in [-0.05, 0) is 31.0 Å². The van der Waals surface area contributed by atoms with Crippen molar-refractivity contribution in [3.63, 3.8) is 0 Å². The van der Waals surface area contributed by atoms with Crippen molar-refractivity contribution in [1.29, 1.82) is 0 Å². The molecule has 0 heterocycles. The maximum atomic E-state index is 12.2. The predicted octanol–water partition coefficient (Wildman–Crippen LogP) is 3.03. The van der Waals surface area contributed by atoms with Gasteiger partial charge in [0.05, 0.1) is 12.6 Å². The van der Waals surface area contributed by atoms with Gasteiger partial charge in [0.25, 0.3) is 0 Å². The molecule has 2 N–H and O–H groups in total. The Morgan fingerprint density at radius 1 is 1.43 bits per heavy atom. The van der Waals surface area contributed by atoms with E-state index < -0.39 is 18.6 Å². The average Bonchev–Trinajstić information content (AvgIpc) is 2.43. The zero-order chi connectivity index (χ0) is 16.0. The van der Waals surface area contributed by atoms with Gasteiger partial charge >= 0.3 is 12.2 Å². The van der Waals surface area contributed by atoms with Crippen LogP contribution in [0.15, 0.2) is 24.3 Å². The molecule has 0 aliphatic heterocycles. The number of nitrogens with zero attached hydrogens (tertiary/aromatic N) is 1. The summed E-state index contributed by atoms with van der Waals surface area (Å²) in [4.78, 5) is 13.2. The van der Waals surface area contributed by atoms with E-state index in [1.807, 2.05) is 0 Å². The smallest absolute Gasteiger partial charge is 0.389 e. The number of halogens is 3. The van der Waals surface area contributed by atoms with Crippen LogP contribution in [0.3, 0.4) is 0 Å². The summed E-state index contributed by atoms with van der Waals surface area (Å²) in [5.41, 5.74) is 0.930. The number of carbonyl (C=O) groups is 1. The van der Waals surface area contributed by atoms with Crippen LogP contribution in [0.4, 0.5) is 23.7 Å². The molecule has 7 heteroatoms. The maximum Gasteiger partial charge on any atom is 0.389 e. The van der Waals surface area contributed by atoms with Crippen molar-refractivity contribution in [2.24, 2.45) is 0 Å². The molecule has 0 aromatic heterocycles. The highest BCUT2D eigenvalue weighted by Crippen LogP contribution is 2.23. The van der Waals surface area contributed by atoms with Crippen LogP contribution in [-0.4, -0.2) is 41.9 Å². The zero-order valence-corrected chi connectivity index (χ0v) is 11.9. The number of alkyl halides is 3. The summed E-state index contributed by atoms with van der Waals surface area (Å²) in [6.07, 6.45) is -5.22. The van der Waals surface area contributed by atoms with Gasteiger partial charge in [-0.25, -0.2) is 4.79 Å². The molecule has 0 fully saturated rings. The number of anilines is 1. The first-order valence-corrected chi connectivity index (χ1v) is 6.53. The van der Waals surface area contributed by atoms with Gasteiger partial charge < -0.3 is 15.3 Å². The number of carbonyl (C=O) groups excluding carboxylic acids is 1. The molecule has 1 atom stereocenters. The summed E-state index contributed by atoms with van der Waals surface area (Å²) in [6.45, 7) is 1.51. The van der Waals surface area contributed by atoms with Crippen LogP contribution in [0, 0.1) is 0 Å². The van der Waals surface area contributed by atoms with Gasteiger partial charge in [-0.3, -0.25) is 0 Å². The standard InChI is InChI=1S/C14H19F3N2O2/c1-10(9-20)19(2)13(21)18-12-5-3-4-11(8-12)6-7-14(15,16)17/h3-5,8,10,20H,6-7,9H2,1-2H3,(H,18,21). The molecule has 1 aromatic carbocycles. The Morgan fingerprint density at radius 3 is 2.67 bits per heavy atom. The van der Waals surface area contributed by atoms with E-state index in [1.54, 1.807) is 25.1 Å². The first kappa shape index (κ1) is 17.3. The number of hydrogen-bond donors (Lipinski definition) is 2. The summed E-state index contributed by atoms with van der Waals surface area (Å²) in [6, 6.07) is 5.52. The molecule has 0 bridgehead atoms. The molecule has 0 spiro atoms. The Bertz CT molecular complexity index is 478. The lowest BCUT2D eigenvalue weighted by Gasteiger charge is -2.23. The Labute approximate surface area is 121 Å². The number of amides is 2. The summed E-state index contributed by atoms with van der Waals surface area (Å²) < 4.78 is 36.6. The minimum Gasteiger partial charge on any atom is -0.394 e. The number of rotatable bonds is 5. The van der Waals surface area contributed by atoms with E-state index in [2.05, 4.69) is 5.32 Å². The van der Waals surface area contributed by atoms with Crippen molar-refractivity contribution in [3.8, 4) is 0 Å². The van der Waals surface area contributed by atoms with E-state index in [1.165, 1.54) is 18.0 Å². The Morgan fingerprint density at radius 2 is 2.10 bits per heavy atom. The fraction of sp³-hybridized carbons (Fsp3) is 0.500. The molecule has 0 saturated carbocycles. The van der Waals surface area contributed by atoms with E-state index in [-0.39, 0.29) is 19.1 Å². The Balaban J connectivity index is 2.66. The topological polar surface area (TPSA) is 52.6 Å². The molecular weight excluding hydrogens is 285 g/mol. The molecule has 0 aliphatic rings.